The number of anilines is 1. The van der Waals surface area contributed by atoms with Gasteiger partial charge in [-0.25, -0.2) is 9.18 Å². The molecule has 2 atom stereocenters. The number of ether oxygens (including phenoxy) is 2. The molecule has 0 spiro atoms. The number of halogens is 2. The Morgan fingerprint density at radius 2 is 1.91 bits per heavy atom. The molecule has 0 bridgehead atoms. The molecule has 0 radical (unpaired) electrons. The Balaban J connectivity index is 1.44. The van der Waals surface area contributed by atoms with Gasteiger partial charge < -0.3 is 30.2 Å². The Morgan fingerprint density at radius 3 is 2.66 bits per heavy atom. The third-order valence-electron chi connectivity index (χ3n) is 7.85. The Labute approximate surface area is 257 Å². The van der Waals surface area contributed by atoms with Crippen LogP contribution in [0.2, 0.25) is 5.02 Å². The van der Waals surface area contributed by atoms with Crippen molar-refractivity contribution in [2.45, 2.75) is 32.0 Å². The predicted octanol–water partition coefficient (Wildman–Crippen LogP) is 4.01. The highest BCUT2D eigenvalue weighted by Gasteiger charge is 2.25. The molecular formula is C32H32ClFN4O6. The summed E-state index contributed by atoms with van der Waals surface area (Å²) >= 11 is 6.94. The van der Waals surface area contributed by atoms with Crippen LogP contribution in [0.1, 0.15) is 27.9 Å². The zero-order valence-electron chi connectivity index (χ0n) is 24.4. The molecule has 1 saturated heterocycles. The van der Waals surface area contributed by atoms with Crippen LogP contribution in [0.5, 0.6) is 5.75 Å². The van der Waals surface area contributed by atoms with E-state index < -0.39 is 29.1 Å². The van der Waals surface area contributed by atoms with Gasteiger partial charge in [0.2, 0.25) is 0 Å². The van der Waals surface area contributed by atoms with Crippen LogP contribution in [0.3, 0.4) is 0 Å². The number of hydrogen-bond acceptors (Lipinski definition) is 7. The summed E-state index contributed by atoms with van der Waals surface area (Å²) in [4.78, 5) is 39.4. The van der Waals surface area contributed by atoms with Crippen molar-refractivity contribution in [1.82, 2.24) is 14.9 Å². The van der Waals surface area contributed by atoms with Crippen molar-refractivity contribution in [1.29, 1.82) is 0 Å². The zero-order valence-corrected chi connectivity index (χ0v) is 25.1. The average molecular weight is 623 g/mol. The summed E-state index contributed by atoms with van der Waals surface area (Å²) in [5.74, 6) is -0.820. The molecule has 12 heteroatoms. The summed E-state index contributed by atoms with van der Waals surface area (Å²) in [6.07, 6.45) is 1.02. The summed E-state index contributed by atoms with van der Waals surface area (Å²) in [5, 5.41) is 16.5. The molecular weight excluding hydrogens is 591 g/mol. The lowest BCUT2D eigenvalue weighted by molar-refractivity contribution is -0.0281. The van der Waals surface area contributed by atoms with Gasteiger partial charge in [-0.3, -0.25) is 14.2 Å². The smallest absolute Gasteiger partial charge is 0.328 e. The van der Waals surface area contributed by atoms with Gasteiger partial charge in [0.15, 0.2) is 0 Å². The standard InChI is InChI=1S/C32H32ClFN4O6/c1-17-19(6-5-9-25(17)37-30(40)23-15-36-32(42)38(2)31(23)41)21-8-4-7-20(29(21)33)18-12-24(34)22(28(13-18)43-3)14-35-26-10-11-44-16-27(26)39/h4-9,12-13,15,26-27,35,39H,10-11,14,16H2,1-3H3,(H,36,42)(H,37,40)/t26-,27+/m1/s1. The van der Waals surface area contributed by atoms with Crippen molar-refractivity contribution in [2.24, 2.45) is 7.05 Å². The van der Waals surface area contributed by atoms with E-state index in [1.54, 1.807) is 37.3 Å². The lowest BCUT2D eigenvalue weighted by atomic mass is 9.94. The predicted molar refractivity (Wildman–Crippen MR) is 166 cm³/mol. The summed E-state index contributed by atoms with van der Waals surface area (Å²) in [5.41, 5.74) is 2.35. The maximum atomic E-state index is 15.5. The SMILES string of the molecule is COc1cc(-c2cccc(-c3cccc(NC(=O)c4c[nH]c(=O)n(C)c4=O)c3C)c2Cl)cc(F)c1CN[C@@H]1CCOC[C@@H]1O. The first-order chi connectivity index (χ1) is 21.1. The Hall–Kier alpha value is -4.29. The zero-order chi connectivity index (χ0) is 31.5. The fraction of sp³-hybridized carbons (Fsp3) is 0.281. The molecule has 0 unspecified atom stereocenters. The van der Waals surface area contributed by atoms with Crippen molar-refractivity contribution in [3.05, 3.63) is 103 Å². The minimum Gasteiger partial charge on any atom is -0.496 e. The summed E-state index contributed by atoms with van der Waals surface area (Å²) < 4.78 is 27.1. The van der Waals surface area contributed by atoms with E-state index in [9.17, 15) is 19.5 Å². The van der Waals surface area contributed by atoms with E-state index in [0.717, 1.165) is 10.8 Å². The van der Waals surface area contributed by atoms with Crippen molar-refractivity contribution in [3.8, 4) is 28.0 Å². The molecule has 1 aliphatic rings. The van der Waals surface area contributed by atoms with E-state index in [0.29, 0.717) is 62.9 Å². The van der Waals surface area contributed by atoms with Crippen molar-refractivity contribution in [3.63, 3.8) is 0 Å². The molecule has 1 amide bonds. The minimum absolute atomic E-state index is 0.160. The second kappa shape index (κ2) is 13.1. The normalized spacial score (nSPS) is 16.5. The maximum absolute atomic E-state index is 15.5. The van der Waals surface area contributed by atoms with Gasteiger partial charge >= 0.3 is 5.69 Å². The van der Waals surface area contributed by atoms with E-state index >= 15 is 4.39 Å². The second-order valence-corrected chi connectivity index (χ2v) is 10.9. The lowest BCUT2D eigenvalue weighted by Crippen LogP contribution is -2.46. The van der Waals surface area contributed by atoms with Crippen molar-refractivity contribution < 1.29 is 23.8 Å². The van der Waals surface area contributed by atoms with Gasteiger partial charge in [0.05, 0.1) is 24.8 Å². The highest BCUT2D eigenvalue weighted by Crippen LogP contribution is 2.40. The van der Waals surface area contributed by atoms with E-state index in [2.05, 4.69) is 15.6 Å². The van der Waals surface area contributed by atoms with Crippen molar-refractivity contribution in [2.75, 3.05) is 25.6 Å². The number of H-pyrrole nitrogens is 1. The molecule has 0 saturated carbocycles. The second-order valence-electron chi connectivity index (χ2n) is 10.5. The molecule has 44 heavy (non-hydrogen) atoms. The molecule has 4 N–H and O–H groups in total. The quantitative estimate of drug-likeness (QED) is 0.233. The average Bonchev–Trinajstić information content (AvgIpc) is 3.01. The van der Waals surface area contributed by atoms with Crippen LogP contribution in [0.4, 0.5) is 10.1 Å². The summed E-state index contributed by atoms with van der Waals surface area (Å²) in [7, 11) is 2.75. The molecule has 1 fully saturated rings. The number of aliphatic hydroxyl groups is 1. The fourth-order valence-electron chi connectivity index (χ4n) is 5.26. The number of nitrogens with one attached hydrogen (secondary N) is 3. The number of amides is 1. The molecule has 5 rings (SSSR count). The number of aromatic amines is 1. The first-order valence-corrected chi connectivity index (χ1v) is 14.3. The van der Waals surface area contributed by atoms with E-state index in [1.165, 1.54) is 20.2 Å². The molecule has 0 aliphatic carbocycles. The van der Waals surface area contributed by atoms with Gasteiger partial charge in [-0.15, -0.1) is 0 Å². The number of benzene rings is 3. The summed E-state index contributed by atoms with van der Waals surface area (Å²) in [6, 6.07) is 13.6. The first kappa shape index (κ1) is 31.1. The summed E-state index contributed by atoms with van der Waals surface area (Å²) in [6.45, 7) is 2.72. The largest absolute Gasteiger partial charge is 0.496 e. The number of nitrogens with zero attached hydrogens (tertiary/aromatic N) is 1. The topological polar surface area (TPSA) is 135 Å². The van der Waals surface area contributed by atoms with Crippen LogP contribution < -0.4 is 26.6 Å². The van der Waals surface area contributed by atoms with E-state index in [1.807, 2.05) is 12.1 Å². The number of aromatic nitrogens is 2. The van der Waals surface area contributed by atoms with E-state index in [-0.39, 0.29) is 24.8 Å². The van der Waals surface area contributed by atoms with Crippen LogP contribution in [-0.2, 0) is 18.3 Å². The number of carbonyl (C=O) groups excluding carboxylic acids is 1. The van der Waals surface area contributed by atoms with Crippen LogP contribution >= 0.6 is 11.6 Å². The molecule has 10 nitrogen and oxygen atoms in total. The maximum Gasteiger partial charge on any atom is 0.328 e. The monoisotopic (exact) mass is 622 g/mol. The Bertz CT molecular complexity index is 1840. The number of aliphatic hydroxyl groups excluding tert-OH is 1. The highest BCUT2D eigenvalue weighted by atomic mass is 35.5. The Morgan fingerprint density at radius 1 is 1.18 bits per heavy atom. The lowest BCUT2D eigenvalue weighted by Gasteiger charge is -2.29. The van der Waals surface area contributed by atoms with Crippen molar-refractivity contribution >= 4 is 23.2 Å². The molecule has 2 heterocycles. The van der Waals surface area contributed by atoms with Gasteiger partial charge in [0.25, 0.3) is 11.5 Å². The van der Waals surface area contributed by atoms with Crippen LogP contribution in [0, 0.1) is 12.7 Å². The molecule has 3 aromatic carbocycles. The van der Waals surface area contributed by atoms with E-state index in [4.69, 9.17) is 21.1 Å². The minimum atomic E-state index is -0.721. The first-order valence-electron chi connectivity index (χ1n) is 13.9. The van der Waals surface area contributed by atoms with Gasteiger partial charge in [0.1, 0.15) is 17.1 Å². The van der Waals surface area contributed by atoms with Crippen LogP contribution in [0.25, 0.3) is 22.3 Å². The number of carbonyl (C=O) groups is 1. The fourth-order valence-corrected chi connectivity index (χ4v) is 5.60. The number of rotatable bonds is 8. The van der Waals surface area contributed by atoms with Crippen LogP contribution in [-0.4, -0.2) is 53.0 Å². The van der Waals surface area contributed by atoms with Gasteiger partial charge in [-0.1, -0.05) is 41.9 Å². The molecule has 1 aliphatic heterocycles. The van der Waals surface area contributed by atoms with Gasteiger partial charge in [-0.2, -0.15) is 0 Å². The molecule has 1 aromatic heterocycles. The third kappa shape index (κ3) is 6.18. The van der Waals surface area contributed by atoms with Gasteiger partial charge in [0, 0.05) is 54.8 Å². The van der Waals surface area contributed by atoms with Gasteiger partial charge in [-0.05, 0) is 48.2 Å². The Kier molecular flexibility index (Phi) is 9.31. The van der Waals surface area contributed by atoms with Crippen LogP contribution in [0.15, 0.2) is 64.3 Å². The molecule has 4 aromatic rings. The highest BCUT2D eigenvalue weighted by molar-refractivity contribution is 6.36. The number of methoxy groups -OCH3 is 1. The third-order valence-corrected chi connectivity index (χ3v) is 8.26. The molecule has 230 valence electrons. The number of hydrogen-bond donors (Lipinski definition) is 4.